The third kappa shape index (κ3) is 4.56. The fraction of sp³-hybridized carbons (Fsp3) is 0.111. The number of aromatic nitrogens is 1. The molecule has 134 valence electrons. The van der Waals surface area contributed by atoms with Crippen LogP contribution in [0.3, 0.4) is 0 Å². The first-order valence-electron chi connectivity index (χ1n) is 7.85. The Bertz CT molecular complexity index is 996. The minimum Gasteiger partial charge on any atom is -0.441 e. The number of oxazole rings is 1. The molecule has 2 aromatic carbocycles. The number of carbonyl (C=O) groups excluding carboxylic acids is 1. The summed E-state index contributed by atoms with van der Waals surface area (Å²) in [4.78, 5) is 16.2. The third-order valence-electron chi connectivity index (χ3n) is 3.64. The van der Waals surface area contributed by atoms with Gasteiger partial charge >= 0.3 is 0 Å². The van der Waals surface area contributed by atoms with Gasteiger partial charge in [-0.1, -0.05) is 30.3 Å². The Morgan fingerprint density at radius 3 is 2.42 bits per heavy atom. The van der Waals surface area contributed by atoms with Crippen LogP contribution < -0.4 is 10.5 Å². The molecular formula is C18H17N3O4S. The number of nitrogens with zero attached hydrogens (tertiary/aromatic N) is 1. The van der Waals surface area contributed by atoms with Gasteiger partial charge in [0, 0.05) is 24.1 Å². The van der Waals surface area contributed by atoms with Crippen LogP contribution in [0.5, 0.6) is 0 Å². The minimum atomic E-state index is -3.75. The summed E-state index contributed by atoms with van der Waals surface area (Å²) >= 11 is 0. The van der Waals surface area contributed by atoms with Crippen molar-refractivity contribution in [3.8, 4) is 11.3 Å². The van der Waals surface area contributed by atoms with E-state index < -0.39 is 10.0 Å². The number of aryl methyl sites for hydroxylation is 1. The molecule has 1 aromatic heterocycles. The Labute approximate surface area is 150 Å². The molecule has 0 fully saturated rings. The number of carbonyl (C=O) groups is 1. The molecule has 8 heteroatoms. The summed E-state index contributed by atoms with van der Waals surface area (Å²) in [6, 6.07) is 15.2. The summed E-state index contributed by atoms with van der Waals surface area (Å²) in [5.41, 5.74) is 1.41. The largest absolute Gasteiger partial charge is 0.441 e. The topological polar surface area (TPSA) is 115 Å². The van der Waals surface area contributed by atoms with Gasteiger partial charge in [-0.05, 0) is 24.3 Å². The summed E-state index contributed by atoms with van der Waals surface area (Å²) in [5, 5.41) is 7.72. The van der Waals surface area contributed by atoms with E-state index >= 15 is 0 Å². The molecule has 0 unspecified atom stereocenters. The lowest BCUT2D eigenvalue weighted by Crippen LogP contribution is -2.14. The number of rotatable bonds is 6. The molecule has 3 aromatic rings. The van der Waals surface area contributed by atoms with Crippen molar-refractivity contribution in [1.29, 1.82) is 0 Å². The van der Waals surface area contributed by atoms with Crippen LogP contribution in [0.25, 0.3) is 11.3 Å². The maximum absolute atomic E-state index is 12.0. The number of primary sulfonamides is 1. The van der Waals surface area contributed by atoms with Crippen LogP contribution >= 0.6 is 0 Å². The monoisotopic (exact) mass is 371 g/mol. The molecule has 0 atom stereocenters. The van der Waals surface area contributed by atoms with Gasteiger partial charge in [0.1, 0.15) is 0 Å². The van der Waals surface area contributed by atoms with Crippen LogP contribution in [0.2, 0.25) is 0 Å². The number of benzene rings is 2. The van der Waals surface area contributed by atoms with E-state index in [1.165, 1.54) is 24.3 Å². The van der Waals surface area contributed by atoms with E-state index in [9.17, 15) is 13.2 Å². The number of hydrogen-bond donors (Lipinski definition) is 2. The van der Waals surface area contributed by atoms with Crippen molar-refractivity contribution in [1.82, 2.24) is 4.98 Å². The average molecular weight is 371 g/mol. The second-order valence-corrected chi connectivity index (χ2v) is 7.16. The lowest BCUT2D eigenvalue weighted by atomic mass is 10.2. The first-order chi connectivity index (χ1) is 12.4. The highest BCUT2D eigenvalue weighted by Crippen LogP contribution is 2.20. The first-order valence-corrected chi connectivity index (χ1v) is 9.39. The average Bonchev–Trinajstić information content (AvgIpc) is 3.09. The van der Waals surface area contributed by atoms with Crippen molar-refractivity contribution < 1.29 is 17.6 Å². The number of nitrogens with one attached hydrogen (secondary N) is 1. The zero-order valence-corrected chi connectivity index (χ0v) is 14.6. The molecule has 3 rings (SSSR count). The highest BCUT2D eigenvalue weighted by Gasteiger charge is 2.10. The number of hydrogen-bond acceptors (Lipinski definition) is 5. The molecule has 0 bridgehead atoms. The van der Waals surface area contributed by atoms with Gasteiger partial charge < -0.3 is 9.73 Å². The second kappa shape index (κ2) is 7.51. The second-order valence-electron chi connectivity index (χ2n) is 5.60. The molecule has 7 nitrogen and oxygen atoms in total. The zero-order chi connectivity index (χ0) is 18.6. The minimum absolute atomic E-state index is 0.0104. The summed E-state index contributed by atoms with van der Waals surface area (Å²) in [6.07, 6.45) is 2.17. The molecule has 1 heterocycles. The summed E-state index contributed by atoms with van der Waals surface area (Å²) in [7, 11) is -3.75. The van der Waals surface area contributed by atoms with Crippen molar-refractivity contribution in [3.05, 3.63) is 66.7 Å². The van der Waals surface area contributed by atoms with Crippen LogP contribution in [0.15, 0.2) is 70.1 Å². The van der Waals surface area contributed by atoms with Crippen molar-refractivity contribution in [2.75, 3.05) is 5.32 Å². The molecule has 0 aliphatic heterocycles. The Balaban J connectivity index is 1.55. The predicted molar refractivity (Wildman–Crippen MR) is 96.7 cm³/mol. The molecule has 0 radical (unpaired) electrons. The Hall–Kier alpha value is -2.97. The number of amides is 1. The van der Waals surface area contributed by atoms with Crippen LogP contribution in [0.4, 0.5) is 5.69 Å². The van der Waals surface area contributed by atoms with Gasteiger partial charge in [0.25, 0.3) is 0 Å². The number of nitrogens with two attached hydrogens (primary N) is 1. The lowest BCUT2D eigenvalue weighted by Gasteiger charge is -2.05. The third-order valence-corrected chi connectivity index (χ3v) is 4.57. The van der Waals surface area contributed by atoms with Gasteiger partial charge in [0.15, 0.2) is 11.7 Å². The Morgan fingerprint density at radius 1 is 1.08 bits per heavy atom. The molecule has 0 spiro atoms. The quantitative estimate of drug-likeness (QED) is 0.691. The first kappa shape index (κ1) is 17.8. The van der Waals surface area contributed by atoms with E-state index in [0.717, 1.165) is 5.56 Å². The lowest BCUT2D eigenvalue weighted by molar-refractivity contribution is -0.116. The molecule has 1 amide bonds. The van der Waals surface area contributed by atoms with Crippen LogP contribution in [0, 0.1) is 0 Å². The van der Waals surface area contributed by atoms with E-state index in [1.54, 1.807) is 6.20 Å². The van der Waals surface area contributed by atoms with E-state index in [2.05, 4.69) is 10.3 Å². The highest BCUT2D eigenvalue weighted by atomic mass is 32.2. The van der Waals surface area contributed by atoms with Crippen molar-refractivity contribution >= 4 is 21.6 Å². The molecule has 0 aliphatic carbocycles. The number of sulfonamides is 1. The number of anilines is 1. The summed E-state index contributed by atoms with van der Waals surface area (Å²) in [5.74, 6) is 0.899. The molecule has 0 saturated carbocycles. The van der Waals surface area contributed by atoms with E-state index in [4.69, 9.17) is 9.56 Å². The van der Waals surface area contributed by atoms with E-state index in [-0.39, 0.29) is 17.2 Å². The standard InChI is InChI=1S/C18H17N3O4S/c19-26(23,24)15-8-6-14(7-9-15)21-17(22)10-11-18-20-12-16(25-18)13-4-2-1-3-5-13/h1-9,12H,10-11H2,(H,21,22)(H2,19,23,24). The molecule has 3 N–H and O–H groups in total. The van der Waals surface area contributed by atoms with Crippen molar-refractivity contribution in [2.45, 2.75) is 17.7 Å². The van der Waals surface area contributed by atoms with E-state index in [0.29, 0.717) is 23.8 Å². The van der Waals surface area contributed by atoms with Crippen molar-refractivity contribution in [3.63, 3.8) is 0 Å². The summed E-state index contributed by atoms with van der Waals surface area (Å²) < 4.78 is 28.1. The normalized spacial score (nSPS) is 11.3. The fourth-order valence-electron chi connectivity index (χ4n) is 2.33. The molecular weight excluding hydrogens is 354 g/mol. The predicted octanol–water partition coefficient (Wildman–Crippen LogP) is 2.56. The highest BCUT2D eigenvalue weighted by molar-refractivity contribution is 7.89. The molecule has 0 aliphatic rings. The Morgan fingerprint density at radius 2 is 1.77 bits per heavy atom. The van der Waals surface area contributed by atoms with Gasteiger partial charge in [-0.2, -0.15) is 0 Å². The smallest absolute Gasteiger partial charge is 0.238 e. The van der Waals surface area contributed by atoms with Gasteiger partial charge in [0.05, 0.1) is 11.1 Å². The van der Waals surface area contributed by atoms with E-state index in [1.807, 2.05) is 30.3 Å². The van der Waals surface area contributed by atoms with Gasteiger partial charge in [-0.15, -0.1) is 0 Å². The summed E-state index contributed by atoms with van der Waals surface area (Å²) in [6.45, 7) is 0. The maximum atomic E-state index is 12.0. The van der Waals surface area contributed by atoms with Gasteiger partial charge in [-0.25, -0.2) is 18.5 Å². The Kier molecular flexibility index (Phi) is 5.15. The molecule has 0 saturated heterocycles. The van der Waals surface area contributed by atoms with Crippen LogP contribution in [0.1, 0.15) is 12.3 Å². The van der Waals surface area contributed by atoms with Crippen molar-refractivity contribution in [2.24, 2.45) is 5.14 Å². The maximum Gasteiger partial charge on any atom is 0.238 e. The molecule has 26 heavy (non-hydrogen) atoms. The van der Waals surface area contributed by atoms with Gasteiger partial charge in [0.2, 0.25) is 15.9 Å². The van der Waals surface area contributed by atoms with Gasteiger partial charge in [-0.3, -0.25) is 4.79 Å². The SMILES string of the molecule is NS(=O)(=O)c1ccc(NC(=O)CCc2ncc(-c3ccccc3)o2)cc1. The van der Waals surface area contributed by atoms with Crippen LogP contribution in [-0.2, 0) is 21.2 Å². The fourth-order valence-corrected chi connectivity index (χ4v) is 2.85. The zero-order valence-electron chi connectivity index (χ0n) is 13.8. The van der Waals surface area contributed by atoms with Crippen LogP contribution in [-0.4, -0.2) is 19.3 Å².